The minimum absolute atomic E-state index is 0.184. The van der Waals surface area contributed by atoms with Gasteiger partial charge in [-0.2, -0.15) is 0 Å². The molecule has 2 atom stereocenters. The minimum atomic E-state index is -0.681. The van der Waals surface area contributed by atoms with Gasteiger partial charge in [-0.15, -0.1) is 0 Å². The van der Waals surface area contributed by atoms with Gasteiger partial charge in [-0.3, -0.25) is 4.79 Å². The molecule has 0 amide bonds. The lowest BCUT2D eigenvalue weighted by Gasteiger charge is -2.18. The highest BCUT2D eigenvalue weighted by molar-refractivity contribution is 5.69. The topological polar surface area (TPSA) is 55.8 Å². The number of ether oxygens (including phenoxy) is 2. The summed E-state index contributed by atoms with van der Waals surface area (Å²) in [6.07, 6.45) is -0.482. The Balaban J connectivity index is 2.67. The maximum absolute atomic E-state index is 11.1. The zero-order chi connectivity index (χ0) is 12.8. The van der Waals surface area contributed by atoms with E-state index < -0.39 is 6.10 Å². The number of carbonyl (C=O) groups excluding carboxylic acids is 1. The van der Waals surface area contributed by atoms with Crippen molar-refractivity contribution in [2.24, 2.45) is 5.92 Å². The van der Waals surface area contributed by atoms with E-state index in [-0.39, 0.29) is 18.3 Å². The van der Waals surface area contributed by atoms with E-state index in [2.05, 4.69) is 4.74 Å². The second-order valence-electron chi connectivity index (χ2n) is 3.98. The van der Waals surface area contributed by atoms with Gasteiger partial charge in [0.05, 0.1) is 26.7 Å². The van der Waals surface area contributed by atoms with Crippen molar-refractivity contribution >= 4 is 5.97 Å². The van der Waals surface area contributed by atoms with Crippen LogP contribution < -0.4 is 4.74 Å². The fraction of sp³-hybridized carbons (Fsp3) is 0.462. The smallest absolute Gasteiger partial charge is 0.305 e. The van der Waals surface area contributed by atoms with Crippen molar-refractivity contribution in [3.05, 3.63) is 29.8 Å². The second kappa shape index (κ2) is 6.25. The van der Waals surface area contributed by atoms with Crippen LogP contribution in [0.1, 0.15) is 25.0 Å². The molecular weight excluding hydrogens is 220 g/mol. The van der Waals surface area contributed by atoms with Crippen molar-refractivity contribution in [3.8, 4) is 5.75 Å². The third-order valence-electron chi connectivity index (χ3n) is 2.71. The molecule has 0 aliphatic rings. The summed E-state index contributed by atoms with van der Waals surface area (Å²) in [6, 6.07) is 7.14. The summed E-state index contributed by atoms with van der Waals surface area (Å²) in [7, 11) is 2.93. The fourth-order valence-corrected chi connectivity index (χ4v) is 1.59. The molecule has 1 aromatic carbocycles. The number of rotatable bonds is 5. The lowest BCUT2D eigenvalue weighted by atomic mass is 9.94. The van der Waals surface area contributed by atoms with Crippen LogP contribution in [0.5, 0.6) is 5.75 Å². The van der Waals surface area contributed by atoms with Crippen LogP contribution in [0.4, 0.5) is 0 Å². The summed E-state index contributed by atoms with van der Waals surface area (Å²) < 4.78 is 9.61. The van der Waals surface area contributed by atoms with Crippen molar-refractivity contribution in [1.82, 2.24) is 0 Å². The number of aliphatic hydroxyl groups is 1. The average Bonchev–Trinajstić information content (AvgIpc) is 2.37. The van der Waals surface area contributed by atoms with Crippen molar-refractivity contribution < 1.29 is 19.4 Å². The molecule has 4 nitrogen and oxygen atoms in total. The molecule has 0 aromatic heterocycles. The van der Waals surface area contributed by atoms with E-state index in [1.807, 2.05) is 6.92 Å². The molecule has 0 aliphatic carbocycles. The monoisotopic (exact) mass is 238 g/mol. The van der Waals surface area contributed by atoms with Crippen LogP contribution in [0.2, 0.25) is 0 Å². The van der Waals surface area contributed by atoms with Crippen LogP contribution >= 0.6 is 0 Å². The molecule has 1 rings (SSSR count). The lowest BCUT2D eigenvalue weighted by molar-refractivity contribution is -0.142. The lowest BCUT2D eigenvalue weighted by Crippen LogP contribution is -2.14. The van der Waals surface area contributed by atoms with Crippen LogP contribution in [-0.4, -0.2) is 25.3 Å². The van der Waals surface area contributed by atoms with Crippen molar-refractivity contribution in [2.45, 2.75) is 19.4 Å². The highest BCUT2D eigenvalue weighted by Crippen LogP contribution is 2.26. The van der Waals surface area contributed by atoms with E-state index >= 15 is 0 Å². The number of hydrogen-bond donors (Lipinski definition) is 1. The average molecular weight is 238 g/mol. The molecule has 0 fully saturated rings. The molecule has 0 saturated heterocycles. The largest absolute Gasteiger partial charge is 0.497 e. The number of carbonyl (C=O) groups is 1. The predicted octanol–water partition coefficient (Wildman–Crippen LogP) is 1.93. The molecule has 1 N–H and O–H groups in total. The first-order chi connectivity index (χ1) is 8.08. The molecule has 0 saturated carbocycles. The van der Waals surface area contributed by atoms with Gasteiger partial charge in [-0.05, 0) is 23.6 Å². The molecule has 2 unspecified atom stereocenters. The quantitative estimate of drug-likeness (QED) is 0.796. The van der Waals surface area contributed by atoms with Crippen LogP contribution in [0.3, 0.4) is 0 Å². The van der Waals surface area contributed by atoms with Gasteiger partial charge >= 0.3 is 5.97 Å². The Morgan fingerprint density at radius 1 is 1.29 bits per heavy atom. The number of aliphatic hydroxyl groups excluding tert-OH is 1. The van der Waals surface area contributed by atoms with E-state index in [0.717, 1.165) is 11.3 Å². The third kappa shape index (κ3) is 3.75. The first-order valence-electron chi connectivity index (χ1n) is 5.47. The highest BCUT2D eigenvalue weighted by atomic mass is 16.5. The van der Waals surface area contributed by atoms with E-state index in [1.165, 1.54) is 7.11 Å². The first-order valence-corrected chi connectivity index (χ1v) is 5.47. The molecule has 94 valence electrons. The van der Waals surface area contributed by atoms with Crippen molar-refractivity contribution in [2.75, 3.05) is 14.2 Å². The Morgan fingerprint density at radius 2 is 1.88 bits per heavy atom. The molecule has 0 heterocycles. The Bertz CT molecular complexity index is 358. The van der Waals surface area contributed by atoms with Gasteiger partial charge < -0.3 is 14.6 Å². The molecular formula is C13H18O4. The number of methoxy groups -OCH3 is 2. The molecule has 0 radical (unpaired) electrons. The van der Waals surface area contributed by atoms with E-state index in [4.69, 9.17) is 4.74 Å². The standard InChI is InChI=1S/C13H18O4/c1-9(8-12(14)17-3)13(15)10-4-6-11(16-2)7-5-10/h4-7,9,13,15H,8H2,1-3H3. The zero-order valence-electron chi connectivity index (χ0n) is 10.3. The maximum atomic E-state index is 11.1. The van der Waals surface area contributed by atoms with Gasteiger partial charge in [0.25, 0.3) is 0 Å². The normalized spacial score (nSPS) is 13.9. The van der Waals surface area contributed by atoms with Crippen molar-refractivity contribution in [1.29, 1.82) is 0 Å². The Kier molecular flexibility index (Phi) is 4.97. The van der Waals surface area contributed by atoms with Gasteiger partial charge in [-0.1, -0.05) is 19.1 Å². The molecule has 0 aliphatic heterocycles. The summed E-state index contributed by atoms with van der Waals surface area (Å²) in [4.78, 5) is 11.1. The summed E-state index contributed by atoms with van der Waals surface area (Å²) in [5, 5.41) is 10.0. The third-order valence-corrected chi connectivity index (χ3v) is 2.71. The van der Waals surface area contributed by atoms with E-state index in [1.54, 1.807) is 31.4 Å². The zero-order valence-corrected chi connectivity index (χ0v) is 10.3. The van der Waals surface area contributed by atoms with Crippen molar-refractivity contribution in [3.63, 3.8) is 0 Å². The van der Waals surface area contributed by atoms with Crippen LogP contribution in [0.15, 0.2) is 24.3 Å². The summed E-state index contributed by atoms with van der Waals surface area (Å²) in [5.74, 6) is 0.238. The maximum Gasteiger partial charge on any atom is 0.305 e. The molecule has 17 heavy (non-hydrogen) atoms. The number of hydrogen-bond acceptors (Lipinski definition) is 4. The summed E-state index contributed by atoms with van der Waals surface area (Å²) in [5.41, 5.74) is 0.766. The number of esters is 1. The van der Waals surface area contributed by atoms with Gasteiger partial charge in [0, 0.05) is 0 Å². The SMILES string of the molecule is COC(=O)CC(C)C(O)c1ccc(OC)cc1. The Hall–Kier alpha value is -1.55. The molecule has 0 bridgehead atoms. The Labute approximate surface area is 101 Å². The van der Waals surface area contributed by atoms with Gasteiger partial charge in [-0.25, -0.2) is 0 Å². The molecule has 1 aromatic rings. The second-order valence-corrected chi connectivity index (χ2v) is 3.98. The Morgan fingerprint density at radius 3 is 2.35 bits per heavy atom. The summed E-state index contributed by atoms with van der Waals surface area (Å²) in [6.45, 7) is 1.81. The van der Waals surface area contributed by atoms with Crippen LogP contribution in [0, 0.1) is 5.92 Å². The minimum Gasteiger partial charge on any atom is -0.497 e. The van der Waals surface area contributed by atoms with Crippen LogP contribution in [-0.2, 0) is 9.53 Å². The number of benzene rings is 1. The highest BCUT2D eigenvalue weighted by Gasteiger charge is 2.19. The van der Waals surface area contributed by atoms with E-state index in [0.29, 0.717) is 0 Å². The fourth-order valence-electron chi connectivity index (χ4n) is 1.59. The van der Waals surface area contributed by atoms with Gasteiger partial charge in [0.15, 0.2) is 0 Å². The van der Waals surface area contributed by atoms with Gasteiger partial charge in [0.1, 0.15) is 5.75 Å². The molecule has 0 spiro atoms. The van der Waals surface area contributed by atoms with E-state index in [9.17, 15) is 9.90 Å². The molecule has 4 heteroatoms. The van der Waals surface area contributed by atoms with Gasteiger partial charge in [0.2, 0.25) is 0 Å². The van der Waals surface area contributed by atoms with Crippen LogP contribution in [0.25, 0.3) is 0 Å². The predicted molar refractivity (Wildman–Crippen MR) is 63.8 cm³/mol. The summed E-state index contributed by atoms with van der Waals surface area (Å²) >= 11 is 0. The first kappa shape index (κ1) is 13.5.